The zero-order valence-corrected chi connectivity index (χ0v) is 17.1. The van der Waals surface area contributed by atoms with Gasteiger partial charge in [0.1, 0.15) is 0 Å². The van der Waals surface area contributed by atoms with Gasteiger partial charge >= 0.3 is 5.97 Å². The zero-order chi connectivity index (χ0) is 20.6. The Hall–Kier alpha value is -2.76. The van der Waals surface area contributed by atoms with Gasteiger partial charge in [-0.25, -0.2) is 4.40 Å². The van der Waals surface area contributed by atoms with E-state index in [2.05, 4.69) is 11.0 Å². The molecule has 6 heteroatoms. The smallest absolute Gasteiger partial charge is 0.314 e. The maximum Gasteiger partial charge on any atom is 0.314 e. The molecule has 1 aliphatic carbocycles. The fourth-order valence-electron chi connectivity index (χ4n) is 3.36. The summed E-state index contributed by atoms with van der Waals surface area (Å²) in [5, 5.41) is 9.93. The van der Waals surface area contributed by atoms with Crippen LogP contribution in [0.15, 0.2) is 81.9 Å². The minimum Gasteiger partial charge on any atom is -0.481 e. The van der Waals surface area contributed by atoms with Crippen molar-refractivity contribution in [3.05, 3.63) is 88.6 Å². The van der Waals surface area contributed by atoms with Crippen LogP contribution in [0.1, 0.15) is 24.0 Å². The van der Waals surface area contributed by atoms with E-state index in [4.69, 9.17) is 17.3 Å². The number of allylic oxidation sites excluding steroid dienone is 2. The van der Waals surface area contributed by atoms with Crippen molar-refractivity contribution in [2.75, 3.05) is 0 Å². The van der Waals surface area contributed by atoms with Gasteiger partial charge in [0.05, 0.1) is 27.3 Å². The largest absolute Gasteiger partial charge is 0.481 e. The molecule has 1 saturated carbocycles. The van der Waals surface area contributed by atoms with Crippen LogP contribution in [0, 0.1) is 0 Å². The van der Waals surface area contributed by atoms with Crippen molar-refractivity contribution < 1.29 is 9.90 Å². The first-order valence-corrected chi connectivity index (χ1v) is 10.3. The van der Waals surface area contributed by atoms with E-state index in [1.165, 1.54) is 11.9 Å². The number of aliphatic carboxylic acids is 1. The normalized spacial score (nSPS) is 23.5. The van der Waals surface area contributed by atoms with E-state index >= 15 is 0 Å². The van der Waals surface area contributed by atoms with E-state index in [0.717, 1.165) is 27.2 Å². The first-order chi connectivity index (χ1) is 13.9. The maximum atomic E-state index is 11.5. The third kappa shape index (κ3) is 3.76. The highest BCUT2D eigenvalue weighted by Crippen LogP contribution is 2.48. The number of nitrogens with two attached hydrogens (primary N) is 1. The van der Waals surface area contributed by atoms with Crippen molar-refractivity contribution in [2.24, 2.45) is 10.1 Å². The Morgan fingerprint density at radius 1 is 1.07 bits per heavy atom. The highest BCUT2D eigenvalue weighted by atomic mass is 35.5. The maximum absolute atomic E-state index is 11.5. The molecule has 2 aliphatic rings. The van der Waals surface area contributed by atoms with Crippen molar-refractivity contribution >= 4 is 40.6 Å². The van der Waals surface area contributed by atoms with Gasteiger partial charge in [0.15, 0.2) is 0 Å². The molecule has 0 atom stereocenters. The van der Waals surface area contributed by atoms with Gasteiger partial charge in [-0.3, -0.25) is 4.79 Å². The summed E-state index contributed by atoms with van der Waals surface area (Å²) in [4.78, 5) is 12.3. The Bertz CT molecular complexity index is 1080. The lowest BCUT2D eigenvalue weighted by Crippen LogP contribution is -2.19. The van der Waals surface area contributed by atoms with Gasteiger partial charge in [0.2, 0.25) is 0 Å². The Balaban J connectivity index is 1.60. The van der Waals surface area contributed by atoms with E-state index in [0.29, 0.717) is 29.1 Å². The van der Waals surface area contributed by atoms with Crippen molar-refractivity contribution in [2.45, 2.75) is 18.3 Å². The predicted octanol–water partition coefficient (Wildman–Crippen LogP) is 5.51. The number of carboxylic acid groups (broad SMARTS) is 1. The third-order valence-corrected chi connectivity index (χ3v) is 6.36. The van der Waals surface area contributed by atoms with Crippen LogP contribution in [0.5, 0.6) is 0 Å². The second-order valence-corrected chi connectivity index (χ2v) is 8.40. The third-order valence-electron chi connectivity index (χ3n) is 5.30. The molecular weight excluding hydrogens is 404 g/mol. The van der Waals surface area contributed by atoms with Crippen molar-refractivity contribution in [3.63, 3.8) is 0 Å². The zero-order valence-electron chi connectivity index (χ0n) is 15.6. The number of benzene rings is 2. The molecule has 146 valence electrons. The number of halogens is 1. The molecule has 0 bridgehead atoms. The van der Waals surface area contributed by atoms with E-state index in [1.807, 2.05) is 48.5 Å². The molecule has 0 unspecified atom stereocenters. The highest BCUT2D eigenvalue weighted by molar-refractivity contribution is 8.07. The molecule has 4 rings (SSSR count). The van der Waals surface area contributed by atoms with Gasteiger partial charge in [-0.2, -0.15) is 0 Å². The average Bonchev–Trinajstić information content (AvgIpc) is 3.53. The molecule has 29 heavy (non-hydrogen) atoms. The van der Waals surface area contributed by atoms with E-state index in [9.17, 15) is 9.90 Å². The summed E-state index contributed by atoms with van der Waals surface area (Å²) in [5.41, 5.74) is 10.7. The van der Waals surface area contributed by atoms with Gasteiger partial charge in [-0.1, -0.05) is 66.7 Å². The number of hydrogen-bond acceptors (Lipinski definition) is 4. The fraction of sp³-hybridized carbons (Fsp3) is 0.130. The van der Waals surface area contributed by atoms with Gasteiger partial charge < -0.3 is 10.8 Å². The molecule has 0 aromatic heterocycles. The Morgan fingerprint density at radius 3 is 2.17 bits per heavy atom. The first-order valence-electron chi connectivity index (χ1n) is 9.12. The number of rotatable bonds is 4. The lowest BCUT2D eigenvalue weighted by atomic mass is 9.93. The summed E-state index contributed by atoms with van der Waals surface area (Å²) in [5.74, 6) is -0.738. The molecule has 0 saturated heterocycles. The van der Waals surface area contributed by atoms with Crippen LogP contribution in [-0.2, 0) is 10.2 Å². The van der Waals surface area contributed by atoms with Gasteiger partial charge in [-0.15, -0.1) is 0 Å². The van der Waals surface area contributed by atoms with Crippen molar-refractivity contribution in [1.29, 1.82) is 0 Å². The molecule has 0 spiro atoms. The van der Waals surface area contributed by atoms with Crippen molar-refractivity contribution in [3.8, 4) is 11.1 Å². The molecule has 2 aromatic rings. The molecule has 3 N–H and O–H groups in total. The summed E-state index contributed by atoms with van der Waals surface area (Å²) >= 11 is 7.29. The molecule has 4 nitrogen and oxygen atoms in total. The van der Waals surface area contributed by atoms with Crippen LogP contribution >= 0.6 is 23.5 Å². The van der Waals surface area contributed by atoms with Crippen LogP contribution in [-0.4, -0.2) is 17.3 Å². The standard InChI is InChI=1S/C23H19ClN2O2S/c1-14-12-19(24)13-26-29-21(20(14)25)17-4-2-15(3-5-17)16-6-8-18(9-7-16)23(10-11-23)22(27)28/h2-9,12-13H,1,10-11,25H2,(H,27,28)/b19-12+,21-20+,26-13-. The number of nitrogens with zero attached hydrogens (tertiary/aromatic N) is 1. The van der Waals surface area contributed by atoms with Crippen LogP contribution in [0.3, 0.4) is 0 Å². The summed E-state index contributed by atoms with van der Waals surface area (Å²) in [6, 6.07) is 15.8. The van der Waals surface area contributed by atoms with Gasteiger partial charge in [-0.05, 0) is 46.7 Å². The Morgan fingerprint density at radius 2 is 1.62 bits per heavy atom. The summed E-state index contributed by atoms with van der Waals surface area (Å²) < 4.78 is 4.25. The lowest BCUT2D eigenvalue weighted by molar-refractivity contribution is -0.140. The van der Waals surface area contributed by atoms with Gasteiger partial charge in [0, 0.05) is 11.9 Å². The minimum absolute atomic E-state index is 0.485. The molecule has 1 aliphatic heterocycles. The Labute approximate surface area is 178 Å². The number of hydrogen-bond donors (Lipinski definition) is 2. The second kappa shape index (κ2) is 7.58. The molecular formula is C23H19ClN2O2S. The molecule has 1 heterocycles. The van der Waals surface area contributed by atoms with Crippen molar-refractivity contribution in [1.82, 2.24) is 0 Å². The summed E-state index contributed by atoms with van der Waals surface area (Å²) in [6.07, 6.45) is 4.68. The van der Waals surface area contributed by atoms with Gasteiger partial charge in [0.25, 0.3) is 0 Å². The minimum atomic E-state index is -0.738. The fourth-order valence-corrected chi connectivity index (χ4v) is 4.34. The SMILES string of the molecule is C=C1/C=C(Cl)\C=N/S/C(c2ccc(-c3ccc(C4(C(=O)O)CC4)cc3)cc2)=C\1N. The van der Waals surface area contributed by atoms with E-state index in [-0.39, 0.29) is 0 Å². The second-order valence-electron chi connectivity index (χ2n) is 7.17. The predicted molar refractivity (Wildman–Crippen MR) is 121 cm³/mol. The van der Waals surface area contributed by atoms with Crippen LogP contribution in [0.2, 0.25) is 0 Å². The summed E-state index contributed by atoms with van der Waals surface area (Å²) in [6.45, 7) is 3.97. The first kappa shape index (κ1) is 19.6. The monoisotopic (exact) mass is 422 g/mol. The quantitative estimate of drug-likeness (QED) is 0.637. The van der Waals surface area contributed by atoms with E-state index in [1.54, 1.807) is 12.3 Å². The number of carboxylic acids is 1. The van der Waals surface area contributed by atoms with Crippen LogP contribution < -0.4 is 5.73 Å². The molecule has 0 amide bonds. The molecule has 0 radical (unpaired) electrons. The highest BCUT2D eigenvalue weighted by Gasteiger charge is 2.51. The molecule has 2 aromatic carbocycles. The molecule has 1 fully saturated rings. The number of carbonyl (C=O) groups is 1. The average molecular weight is 423 g/mol. The topological polar surface area (TPSA) is 75.7 Å². The van der Waals surface area contributed by atoms with E-state index < -0.39 is 11.4 Å². The summed E-state index contributed by atoms with van der Waals surface area (Å²) in [7, 11) is 0. The van der Waals surface area contributed by atoms with Crippen LogP contribution in [0.4, 0.5) is 0 Å². The lowest BCUT2D eigenvalue weighted by Gasteiger charge is -2.13. The Kier molecular flexibility index (Phi) is 5.11. The van der Waals surface area contributed by atoms with Crippen LogP contribution in [0.25, 0.3) is 16.0 Å².